The van der Waals surface area contributed by atoms with Gasteiger partial charge in [0.2, 0.25) is 0 Å². The normalized spacial score (nSPS) is 12.7. The highest BCUT2D eigenvalue weighted by Gasteiger charge is 2.19. The minimum absolute atomic E-state index is 0.309. The summed E-state index contributed by atoms with van der Waals surface area (Å²) in [4.78, 5) is 0.862. The van der Waals surface area contributed by atoms with Gasteiger partial charge in [-0.1, -0.05) is 27.5 Å². The molecule has 1 aromatic heterocycles. The summed E-state index contributed by atoms with van der Waals surface area (Å²) in [6.07, 6.45) is 0. The molecule has 0 saturated carbocycles. The van der Waals surface area contributed by atoms with E-state index < -0.39 is 0 Å². The zero-order valence-corrected chi connectivity index (χ0v) is 11.7. The molecule has 0 bridgehead atoms. The highest BCUT2D eigenvalue weighted by molar-refractivity contribution is 9.10. The second-order valence-corrected chi connectivity index (χ2v) is 5.61. The molecule has 2 rings (SSSR count). The molecule has 0 amide bonds. The molecule has 0 aliphatic heterocycles. The van der Waals surface area contributed by atoms with E-state index in [4.69, 9.17) is 17.4 Å². The Morgan fingerprint density at radius 1 is 1.41 bits per heavy atom. The maximum Gasteiger partial charge on any atom is 0.123 e. The molecule has 0 aliphatic carbocycles. The van der Waals surface area contributed by atoms with E-state index in [2.05, 4.69) is 21.4 Å². The van der Waals surface area contributed by atoms with Crippen LogP contribution in [-0.2, 0) is 0 Å². The van der Waals surface area contributed by atoms with E-state index in [1.54, 1.807) is 12.1 Å². The molecule has 0 fully saturated rings. The van der Waals surface area contributed by atoms with Gasteiger partial charge in [-0.2, -0.15) is 0 Å². The quantitative estimate of drug-likeness (QED) is 0.660. The van der Waals surface area contributed by atoms with Gasteiger partial charge in [-0.15, -0.1) is 11.3 Å². The lowest BCUT2D eigenvalue weighted by Gasteiger charge is -2.17. The summed E-state index contributed by atoms with van der Waals surface area (Å²) in [6, 6.07) is 5.94. The zero-order chi connectivity index (χ0) is 12.4. The van der Waals surface area contributed by atoms with Crippen molar-refractivity contribution >= 4 is 38.9 Å². The Kier molecular flexibility index (Phi) is 4.17. The van der Waals surface area contributed by atoms with Gasteiger partial charge in [0.25, 0.3) is 0 Å². The van der Waals surface area contributed by atoms with Crippen LogP contribution in [0.15, 0.2) is 34.1 Å². The smallest absolute Gasteiger partial charge is 0.123 e. The minimum atomic E-state index is -0.326. The summed E-state index contributed by atoms with van der Waals surface area (Å²) in [5, 5.41) is 2.49. The number of benzene rings is 1. The van der Waals surface area contributed by atoms with Gasteiger partial charge in [0.05, 0.1) is 11.1 Å². The van der Waals surface area contributed by atoms with Crippen LogP contribution >= 0.6 is 38.9 Å². The third kappa shape index (κ3) is 2.69. The van der Waals surface area contributed by atoms with E-state index in [1.807, 2.05) is 5.38 Å². The van der Waals surface area contributed by atoms with Gasteiger partial charge >= 0.3 is 0 Å². The molecule has 3 N–H and O–H groups in total. The van der Waals surface area contributed by atoms with Crippen molar-refractivity contribution in [2.24, 2.45) is 5.84 Å². The first-order valence-electron chi connectivity index (χ1n) is 4.77. The fourth-order valence-electron chi connectivity index (χ4n) is 1.55. The number of hydrogen-bond acceptors (Lipinski definition) is 3. The molecule has 1 atom stereocenters. The molecular weight excluding hydrogens is 327 g/mol. The Morgan fingerprint density at radius 3 is 2.76 bits per heavy atom. The monoisotopic (exact) mass is 334 g/mol. The first-order valence-corrected chi connectivity index (χ1v) is 6.82. The second kappa shape index (κ2) is 5.46. The van der Waals surface area contributed by atoms with E-state index >= 15 is 0 Å². The summed E-state index contributed by atoms with van der Waals surface area (Å²) in [5.41, 5.74) is 3.38. The lowest BCUT2D eigenvalue weighted by atomic mass is 10.1. The molecule has 0 spiro atoms. The highest BCUT2D eigenvalue weighted by atomic mass is 79.9. The Morgan fingerprint density at radius 2 is 2.18 bits per heavy atom. The molecule has 0 saturated heterocycles. The van der Waals surface area contributed by atoms with Gasteiger partial charge in [0.1, 0.15) is 5.82 Å². The third-order valence-electron chi connectivity index (χ3n) is 2.34. The fourth-order valence-corrected chi connectivity index (χ4v) is 3.27. The van der Waals surface area contributed by atoms with Crippen LogP contribution in [0, 0.1) is 5.82 Å². The summed E-state index contributed by atoms with van der Waals surface area (Å²) in [7, 11) is 0. The van der Waals surface area contributed by atoms with Gasteiger partial charge in [0.15, 0.2) is 0 Å². The average Bonchev–Trinajstić information content (AvgIpc) is 2.71. The molecule has 17 heavy (non-hydrogen) atoms. The number of nitrogens with two attached hydrogens (primary N) is 1. The maximum atomic E-state index is 13.3. The van der Waals surface area contributed by atoms with Crippen LogP contribution in [0.3, 0.4) is 0 Å². The van der Waals surface area contributed by atoms with Crippen molar-refractivity contribution in [1.82, 2.24) is 5.43 Å². The first kappa shape index (κ1) is 13.0. The summed E-state index contributed by atoms with van der Waals surface area (Å²) in [6.45, 7) is 0. The first-order chi connectivity index (χ1) is 8.13. The van der Waals surface area contributed by atoms with E-state index in [1.165, 1.54) is 23.5 Å². The number of thiophene rings is 1. The van der Waals surface area contributed by atoms with Gasteiger partial charge in [-0.05, 0) is 35.2 Å². The number of hydrogen-bond donors (Lipinski definition) is 2. The number of halogens is 3. The number of nitrogens with one attached hydrogen (secondary N) is 1. The zero-order valence-electron chi connectivity index (χ0n) is 8.58. The molecular formula is C11H9BrClFN2S. The van der Waals surface area contributed by atoms with Crippen LogP contribution in [-0.4, -0.2) is 0 Å². The van der Waals surface area contributed by atoms with Crippen LogP contribution in [0.1, 0.15) is 16.5 Å². The largest absolute Gasteiger partial charge is 0.271 e. The van der Waals surface area contributed by atoms with Crippen LogP contribution in [0.4, 0.5) is 4.39 Å². The van der Waals surface area contributed by atoms with Crippen LogP contribution in [0.2, 0.25) is 5.02 Å². The maximum absolute atomic E-state index is 13.3. The van der Waals surface area contributed by atoms with Gasteiger partial charge in [0, 0.05) is 9.35 Å². The van der Waals surface area contributed by atoms with Crippen LogP contribution in [0.5, 0.6) is 0 Å². The predicted octanol–water partition coefficient (Wildman–Crippen LogP) is 3.86. The van der Waals surface area contributed by atoms with E-state index in [0.717, 1.165) is 14.9 Å². The van der Waals surface area contributed by atoms with Gasteiger partial charge in [-0.3, -0.25) is 5.84 Å². The Hall–Kier alpha value is -0.460. The van der Waals surface area contributed by atoms with Crippen LogP contribution < -0.4 is 11.3 Å². The predicted molar refractivity (Wildman–Crippen MR) is 72.6 cm³/mol. The number of hydrazine groups is 1. The standard InChI is InChI=1S/C11H9BrClFN2S/c12-8-2-1-6(14)5-7(8)10(16-15)11-9(13)3-4-17-11/h1-5,10,16H,15H2. The third-order valence-corrected chi connectivity index (χ3v) is 4.49. The van der Waals surface area contributed by atoms with E-state index in [9.17, 15) is 4.39 Å². The molecule has 1 aromatic carbocycles. The lowest BCUT2D eigenvalue weighted by molar-refractivity contribution is 0.607. The molecule has 1 heterocycles. The van der Waals surface area contributed by atoms with Gasteiger partial charge < -0.3 is 0 Å². The SMILES string of the molecule is NNC(c1cc(F)ccc1Br)c1sccc1Cl. The molecule has 0 aliphatic rings. The Labute approximate surface area is 116 Å². The van der Waals surface area contributed by atoms with Crippen molar-refractivity contribution < 1.29 is 4.39 Å². The average molecular weight is 336 g/mol. The van der Waals surface area contributed by atoms with E-state index in [-0.39, 0.29) is 11.9 Å². The second-order valence-electron chi connectivity index (χ2n) is 3.40. The van der Waals surface area contributed by atoms with Crippen LogP contribution in [0.25, 0.3) is 0 Å². The lowest BCUT2D eigenvalue weighted by Crippen LogP contribution is -2.28. The fraction of sp³-hybridized carbons (Fsp3) is 0.0909. The summed E-state index contributed by atoms with van der Waals surface area (Å²) in [5.74, 6) is 5.23. The van der Waals surface area contributed by atoms with Crippen molar-refractivity contribution in [3.8, 4) is 0 Å². The van der Waals surface area contributed by atoms with Crippen molar-refractivity contribution in [1.29, 1.82) is 0 Å². The summed E-state index contributed by atoms with van der Waals surface area (Å²) < 4.78 is 14.1. The molecule has 90 valence electrons. The van der Waals surface area contributed by atoms with Crippen molar-refractivity contribution in [3.05, 3.63) is 55.4 Å². The summed E-state index contributed by atoms with van der Waals surface area (Å²) >= 11 is 10.9. The van der Waals surface area contributed by atoms with Crippen molar-refractivity contribution in [3.63, 3.8) is 0 Å². The molecule has 0 radical (unpaired) electrons. The van der Waals surface area contributed by atoms with Gasteiger partial charge in [-0.25, -0.2) is 9.82 Å². The minimum Gasteiger partial charge on any atom is -0.271 e. The molecule has 6 heteroatoms. The van der Waals surface area contributed by atoms with E-state index in [0.29, 0.717) is 5.02 Å². The molecule has 2 nitrogen and oxygen atoms in total. The topological polar surface area (TPSA) is 38.0 Å². The highest BCUT2D eigenvalue weighted by Crippen LogP contribution is 2.35. The molecule has 1 unspecified atom stereocenters. The van der Waals surface area contributed by atoms with Crippen molar-refractivity contribution in [2.75, 3.05) is 0 Å². The Bertz CT molecular complexity index is 532. The molecule has 2 aromatic rings. The Balaban J connectivity index is 2.49. The number of rotatable bonds is 3. The van der Waals surface area contributed by atoms with Crippen molar-refractivity contribution in [2.45, 2.75) is 6.04 Å².